The first-order chi connectivity index (χ1) is 16.4. The number of hydrogen-bond donors (Lipinski definition) is 1. The number of amides is 1. The van der Waals surface area contributed by atoms with E-state index >= 15 is 0 Å². The summed E-state index contributed by atoms with van der Waals surface area (Å²) in [5.74, 6) is -1.43. The molecule has 1 heterocycles. The summed E-state index contributed by atoms with van der Waals surface area (Å²) < 4.78 is 19.1. The third-order valence-electron chi connectivity index (χ3n) is 6.09. The lowest BCUT2D eigenvalue weighted by atomic mass is 9.95. The number of nitrogens with zero attached hydrogens (tertiary/aromatic N) is 2. The molecule has 0 spiro atoms. The van der Waals surface area contributed by atoms with Crippen molar-refractivity contribution in [1.29, 1.82) is 0 Å². The first-order valence-corrected chi connectivity index (χ1v) is 11.9. The van der Waals surface area contributed by atoms with Crippen LogP contribution < -0.4 is 4.74 Å². The molecule has 0 unspecified atom stereocenters. The van der Waals surface area contributed by atoms with Crippen LogP contribution in [0.15, 0.2) is 54.1 Å². The van der Waals surface area contributed by atoms with Crippen molar-refractivity contribution in [3.05, 3.63) is 71.0 Å². The second-order valence-electron chi connectivity index (χ2n) is 8.30. The quantitative estimate of drug-likeness (QED) is 0.292. The lowest BCUT2D eigenvalue weighted by Gasteiger charge is -2.27. The van der Waals surface area contributed by atoms with Gasteiger partial charge >= 0.3 is 0 Å². The molecule has 2 aromatic carbocycles. The molecule has 0 aromatic heterocycles. The molecule has 1 amide bonds. The van der Waals surface area contributed by atoms with Crippen LogP contribution in [0.1, 0.15) is 50.8 Å². The highest BCUT2D eigenvalue weighted by molar-refractivity contribution is 6.46. The van der Waals surface area contributed by atoms with Crippen molar-refractivity contribution >= 4 is 17.4 Å². The second kappa shape index (κ2) is 11.8. The summed E-state index contributed by atoms with van der Waals surface area (Å²) in [6, 6.07) is 11.7. The number of aliphatic hydroxyl groups excluding tert-OH is 1. The molecule has 1 atom stereocenters. The molecule has 0 aliphatic carbocycles. The second-order valence-corrected chi connectivity index (χ2v) is 8.30. The maximum atomic E-state index is 13.4. The maximum absolute atomic E-state index is 13.4. The van der Waals surface area contributed by atoms with Crippen LogP contribution >= 0.6 is 0 Å². The van der Waals surface area contributed by atoms with Gasteiger partial charge in [0.05, 0.1) is 18.2 Å². The Morgan fingerprint density at radius 3 is 2.26 bits per heavy atom. The number of hydrogen-bond acceptors (Lipinski definition) is 5. The Kier molecular flexibility index (Phi) is 8.82. The summed E-state index contributed by atoms with van der Waals surface area (Å²) in [7, 11) is 0. The van der Waals surface area contributed by atoms with Crippen molar-refractivity contribution in [1.82, 2.24) is 9.80 Å². The lowest BCUT2D eigenvalue weighted by Crippen LogP contribution is -2.33. The van der Waals surface area contributed by atoms with Gasteiger partial charge in [0.1, 0.15) is 17.3 Å². The minimum Gasteiger partial charge on any atom is -0.507 e. The van der Waals surface area contributed by atoms with Crippen LogP contribution in [0, 0.1) is 5.82 Å². The fourth-order valence-electron chi connectivity index (χ4n) is 4.19. The molecule has 1 fully saturated rings. The molecule has 6 nitrogen and oxygen atoms in total. The van der Waals surface area contributed by atoms with Crippen molar-refractivity contribution in [2.24, 2.45) is 0 Å². The summed E-state index contributed by atoms with van der Waals surface area (Å²) in [6.07, 6.45) is 1.58. The Hall–Kier alpha value is -3.19. The molecule has 1 aliphatic rings. The number of carbonyl (C=O) groups excluding carboxylic acids is 2. The number of ketones is 1. The highest BCUT2D eigenvalue weighted by Gasteiger charge is 2.45. The first kappa shape index (κ1) is 25.4. The number of benzene rings is 2. The predicted molar refractivity (Wildman–Crippen MR) is 130 cm³/mol. The van der Waals surface area contributed by atoms with Gasteiger partial charge in [-0.3, -0.25) is 9.59 Å². The van der Waals surface area contributed by atoms with E-state index in [1.54, 1.807) is 12.1 Å². The van der Waals surface area contributed by atoms with Gasteiger partial charge in [-0.1, -0.05) is 32.9 Å². The molecule has 34 heavy (non-hydrogen) atoms. The average Bonchev–Trinajstić information content (AvgIpc) is 3.10. The molecule has 0 saturated carbocycles. The van der Waals surface area contributed by atoms with Gasteiger partial charge in [-0.15, -0.1) is 0 Å². The third kappa shape index (κ3) is 5.65. The van der Waals surface area contributed by atoms with E-state index in [4.69, 9.17) is 4.74 Å². The molecule has 3 rings (SSSR count). The van der Waals surface area contributed by atoms with Crippen LogP contribution in [0.2, 0.25) is 0 Å². The van der Waals surface area contributed by atoms with Crippen LogP contribution in [-0.4, -0.2) is 59.4 Å². The predicted octanol–water partition coefficient (Wildman–Crippen LogP) is 4.77. The Labute approximate surface area is 200 Å². The fraction of sp³-hybridized carbons (Fsp3) is 0.407. The number of Topliss-reactive ketones (excluding diaryl/α,β-unsaturated/α-hetero) is 1. The van der Waals surface area contributed by atoms with Gasteiger partial charge in [0.25, 0.3) is 11.7 Å². The highest BCUT2D eigenvalue weighted by atomic mass is 19.1. The molecule has 7 heteroatoms. The van der Waals surface area contributed by atoms with Crippen LogP contribution in [-0.2, 0) is 9.59 Å². The van der Waals surface area contributed by atoms with E-state index < -0.39 is 23.5 Å². The molecule has 2 aromatic rings. The first-order valence-electron chi connectivity index (χ1n) is 11.9. The summed E-state index contributed by atoms with van der Waals surface area (Å²) in [6.45, 7) is 9.76. The highest BCUT2D eigenvalue weighted by Crippen LogP contribution is 2.39. The van der Waals surface area contributed by atoms with Gasteiger partial charge in [-0.25, -0.2) is 4.39 Å². The molecule has 1 aliphatic heterocycles. The molecular weight excluding hydrogens is 435 g/mol. The van der Waals surface area contributed by atoms with Crippen LogP contribution in [0.3, 0.4) is 0 Å². The maximum Gasteiger partial charge on any atom is 0.295 e. The number of halogens is 1. The molecule has 182 valence electrons. The van der Waals surface area contributed by atoms with E-state index in [1.165, 1.54) is 29.2 Å². The Morgan fingerprint density at radius 1 is 1.03 bits per heavy atom. The zero-order valence-corrected chi connectivity index (χ0v) is 20.1. The van der Waals surface area contributed by atoms with Crippen molar-refractivity contribution in [3.63, 3.8) is 0 Å². The molecule has 0 bridgehead atoms. The summed E-state index contributed by atoms with van der Waals surface area (Å²) in [5.41, 5.74) is 1.01. The van der Waals surface area contributed by atoms with E-state index in [-0.39, 0.29) is 16.9 Å². The SMILES string of the molecule is CCCOc1ccc([C@@H]2C(=C(O)c3ccc(F)cc3)C(=O)C(=O)N2CCCN(CC)CC)cc1. The lowest BCUT2D eigenvalue weighted by molar-refractivity contribution is -0.140. The summed E-state index contributed by atoms with van der Waals surface area (Å²) in [5, 5.41) is 11.0. The zero-order valence-electron chi connectivity index (χ0n) is 20.1. The van der Waals surface area contributed by atoms with Gasteiger partial charge in [0.2, 0.25) is 0 Å². The van der Waals surface area contributed by atoms with Crippen LogP contribution in [0.25, 0.3) is 5.76 Å². The molecular formula is C27H33FN2O4. The van der Waals surface area contributed by atoms with Crippen molar-refractivity contribution < 1.29 is 23.8 Å². The Bertz CT molecular complexity index is 1010. The number of aliphatic hydroxyl groups is 1. The Morgan fingerprint density at radius 2 is 1.68 bits per heavy atom. The van der Waals surface area contributed by atoms with Crippen LogP contribution in [0.4, 0.5) is 4.39 Å². The zero-order chi connectivity index (χ0) is 24.7. The summed E-state index contributed by atoms with van der Waals surface area (Å²) in [4.78, 5) is 29.9. The minimum absolute atomic E-state index is 0.0154. The number of rotatable bonds is 11. The van der Waals surface area contributed by atoms with Crippen LogP contribution in [0.5, 0.6) is 5.75 Å². The van der Waals surface area contributed by atoms with E-state index in [9.17, 15) is 19.1 Å². The van der Waals surface area contributed by atoms with Gasteiger partial charge in [0.15, 0.2) is 0 Å². The van der Waals surface area contributed by atoms with Crippen molar-refractivity contribution in [2.45, 2.75) is 39.7 Å². The monoisotopic (exact) mass is 468 g/mol. The minimum atomic E-state index is -0.735. The van der Waals surface area contributed by atoms with Gasteiger partial charge in [-0.2, -0.15) is 0 Å². The average molecular weight is 469 g/mol. The largest absolute Gasteiger partial charge is 0.507 e. The topological polar surface area (TPSA) is 70.1 Å². The van der Waals surface area contributed by atoms with Gasteiger partial charge in [-0.05, 0) is 74.4 Å². The van der Waals surface area contributed by atoms with Crippen molar-refractivity contribution in [2.75, 3.05) is 32.8 Å². The number of ether oxygens (including phenoxy) is 1. The van der Waals surface area contributed by atoms with E-state index in [2.05, 4.69) is 18.7 Å². The smallest absolute Gasteiger partial charge is 0.295 e. The molecule has 1 saturated heterocycles. The van der Waals surface area contributed by atoms with E-state index in [0.717, 1.165) is 26.1 Å². The molecule has 1 N–H and O–H groups in total. The van der Waals surface area contributed by atoms with Gasteiger partial charge in [0, 0.05) is 12.1 Å². The fourth-order valence-corrected chi connectivity index (χ4v) is 4.19. The normalized spacial score (nSPS) is 17.6. The summed E-state index contributed by atoms with van der Waals surface area (Å²) >= 11 is 0. The third-order valence-corrected chi connectivity index (χ3v) is 6.09. The van der Waals surface area contributed by atoms with Gasteiger partial charge < -0.3 is 19.6 Å². The number of likely N-dealkylation sites (tertiary alicyclic amines) is 1. The van der Waals surface area contributed by atoms with E-state index in [1.807, 2.05) is 19.1 Å². The standard InChI is InChI=1S/C27H33FN2O4/c1-4-18-34-22-14-10-19(11-15-22)24-23(25(31)20-8-12-21(28)13-9-20)26(32)27(33)30(24)17-7-16-29(5-2)6-3/h8-15,24,31H,4-7,16-18H2,1-3H3/t24-/m1/s1. The van der Waals surface area contributed by atoms with E-state index in [0.29, 0.717) is 30.9 Å². The van der Waals surface area contributed by atoms with Crippen molar-refractivity contribution in [3.8, 4) is 5.75 Å². The number of carbonyl (C=O) groups is 2. The molecule has 0 radical (unpaired) electrons. The Balaban J connectivity index is 1.99.